The molecule has 0 aliphatic heterocycles. The molecule has 0 atom stereocenters. The molecule has 0 bridgehead atoms. The van der Waals surface area contributed by atoms with Crippen LogP contribution in [0.2, 0.25) is 0 Å². The molecule has 1 aliphatic carbocycles. The zero-order valence-corrected chi connectivity index (χ0v) is 16.5. The van der Waals surface area contributed by atoms with E-state index in [1.54, 1.807) is 30.3 Å². The number of rotatable bonds is 6. The van der Waals surface area contributed by atoms with Gasteiger partial charge in [0.1, 0.15) is 5.82 Å². The van der Waals surface area contributed by atoms with Crippen molar-refractivity contribution in [2.24, 2.45) is 5.92 Å². The van der Waals surface area contributed by atoms with Crippen LogP contribution >= 0.6 is 0 Å². The minimum absolute atomic E-state index is 0.174. The molecule has 1 amide bonds. The number of hydrogen-bond acceptors (Lipinski definition) is 4. The van der Waals surface area contributed by atoms with Crippen LogP contribution in [0.3, 0.4) is 0 Å². The Morgan fingerprint density at radius 3 is 2.57 bits per heavy atom. The summed E-state index contributed by atoms with van der Waals surface area (Å²) in [4.78, 5) is 38.6. The number of nitrogens with one attached hydrogen (secondary N) is 1. The third-order valence-electron chi connectivity index (χ3n) is 5.03. The van der Waals surface area contributed by atoms with E-state index in [-0.39, 0.29) is 12.2 Å². The zero-order chi connectivity index (χ0) is 21.3. The monoisotopic (exact) mass is 408 g/mol. The van der Waals surface area contributed by atoms with E-state index >= 15 is 0 Å². The number of aryl methyl sites for hydroxylation is 1. The summed E-state index contributed by atoms with van der Waals surface area (Å²) in [6.45, 7) is 2.20. The Morgan fingerprint density at radius 1 is 1.17 bits per heavy atom. The van der Waals surface area contributed by atoms with Gasteiger partial charge in [0.25, 0.3) is 11.5 Å². The molecule has 1 saturated carbocycles. The second-order valence-corrected chi connectivity index (χ2v) is 7.55. The highest BCUT2D eigenvalue weighted by atomic mass is 19.1. The van der Waals surface area contributed by atoms with E-state index in [9.17, 15) is 18.8 Å². The SMILES string of the molecule is Cc1ccc(-n2nc(C(=O)NCC3CC3)c(=O)n(Cc3cccc(F)c3)c2=O)cc1. The van der Waals surface area contributed by atoms with E-state index in [1.807, 2.05) is 6.92 Å². The summed E-state index contributed by atoms with van der Waals surface area (Å²) in [5.74, 6) is -0.678. The molecular formula is C22H21FN4O3. The fourth-order valence-corrected chi connectivity index (χ4v) is 3.11. The van der Waals surface area contributed by atoms with Gasteiger partial charge in [-0.15, -0.1) is 0 Å². The van der Waals surface area contributed by atoms with E-state index in [4.69, 9.17) is 0 Å². The first kappa shape index (κ1) is 19.8. The second kappa shape index (κ2) is 8.06. The molecular weight excluding hydrogens is 387 g/mol. The number of hydrogen-bond donors (Lipinski definition) is 1. The summed E-state index contributed by atoms with van der Waals surface area (Å²) < 4.78 is 15.5. The van der Waals surface area contributed by atoms with Crippen molar-refractivity contribution in [1.82, 2.24) is 19.7 Å². The maximum Gasteiger partial charge on any atom is 0.352 e. The van der Waals surface area contributed by atoms with Crippen LogP contribution < -0.4 is 16.6 Å². The minimum Gasteiger partial charge on any atom is -0.350 e. The topological polar surface area (TPSA) is 86.0 Å². The average Bonchev–Trinajstić information content (AvgIpc) is 3.55. The Balaban J connectivity index is 1.81. The molecule has 4 rings (SSSR count). The molecule has 7 nitrogen and oxygen atoms in total. The van der Waals surface area contributed by atoms with Gasteiger partial charge in [-0.25, -0.2) is 9.18 Å². The largest absolute Gasteiger partial charge is 0.352 e. The smallest absolute Gasteiger partial charge is 0.350 e. The van der Waals surface area contributed by atoms with Crippen LogP contribution in [0.25, 0.3) is 5.69 Å². The summed E-state index contributed by atoms with van der Waals surface area (Å²) in [6.07, 6.45) is 2.08. The molecule has 0 radical (unpaired) electrons. The molecule has 30 heavy (non-hydrogen) atoms. The van der Waals surface area contributed by atoms with Gasteiger partial charge in [0.15, 0.2) is 0 Å². The molecule has 154 valence electrons. The molecule has 1 aromatic heterocycles. The van der Waals surface area contributed by atoms with Crippen molar-refractivity contribution < 1.29 is 9.18 Å². The van der Waals surface area contributed by atoms with Gasteiger partial charge in [-0.3, -0.25) is 14.2 Å². The molecule has 1 heterocycles. The zero-order valence-electron chi connectivity index (χ0n) is 16.5. The van der Waals surface area contributed by atoms with Crippen LogP contribution in [-0.4, -0.2) is 26.8 Å². The van der Waals surface area contributed by atoms with E-state index in [2.05, 4.69) is 10.4 Å². The standard InChI is InChI=1S/C22H21FN4O3/c1-14-5-9-18(10-6-14)27-22(30)26(13-16-3-2-4-17(23)11-16)21(29)19(25-27)20(28)24-12-15-7-8-15/h2-6,9-11,15H,7-8,12-13H2,1H3,(H,24,28). The molecule has 0 spiro atoms. The van der Waals surface area contributed by atoms with Gasteiger partial charge in [0.2, 0.25) is 5.69 Å². The van der Waals surface area contributed by atoms with Crippen LogP contribution in [0.4, 0.5) is 4.39 Å². The predicted octanol–water partition coefficient (Wildman–Crippen LogP) is 2.03. The van der Waals surface area contributed by atoms with Gasteiger partial charge in [0.05, 0.1) is 12.2 Å². The van der Waals surface area contributed by atoms with E-state index in [0.717, 1.165) is 27.7 Å². The van der Waals surface area contributed by atoms with Crippen molar-refractivity contribution in [2.75, 3.05) is 6.54 Å². The molecule has 1 fully saturated rings. The van der Waals surface area contributed by atoms with Crippen molar-refractivity contribution in [3.05, 3.63) is 92.0 Å². The number of nitrogens with zero attached hydrogens (tertiary/aromatic N) is 3. The van der Waals surface area contributed by atoms with Crippen molar-refractivity contribution >= 4 is 5.91 Å². The summed E-state index contributed by atoms with van der Waals surface area (Å²) >= 11 is 0. The van der Waals surface area contributed by atoms with E-state index in [0.29, 0.717) is 23.7 Å². The van der Waals surface area contributed by atoms with Gasteiger partial charge in [-0.1, -0.05) is 29.8 Å². The Bertz CT molecular complexity index is 1210. The molecule has 2 aromatic carbocycles. The number of carbonyl (C=O) groups excluding carboxylic acids is 1. The highest BCUT2D eigenvalue weighted by Gasteiger charge is 2.25. The second-order valence-electron chi connectivity index (χ2n) is 7.55. The highest BCUT2D eigenvalue weighted by Crippen LogP contribution is 2.27. The van der Waals surface area contributed by atoms with Gasteiger partial charge >= 0.3 is 5.69 Å². The number of halogens is 1. The maximum atomic E-state index is 13.6. The molecule has 1 aliphatic rings. The van der Waals surface area contributed by atoms with Crippen molar-refractivity contribution in [2.45, 2.75) is 26.3 Å². The van der Waals surface area contributed by atoms with Gasteiger partial charge in [0, 0.05) is 6.54 Å². The third kappa shape index (κ3) is 4.22. The summed E-state index contributed by atoms with van der Waals surface area (Å²) in [5, 5.41) is 6.79. The summed E-state index contributed by atoms with van der Waals surface area (Å²) in [5.41, 5.74) is -0.0303. The van der Waals surface area contributed by atoms with Crippen molar-refractivity contribution in [1.29, 1.82) is 0 Å². The van der Waals surface area contributed by atoms with Crippen LogP contribution in [-0.2, 0) is 6.54 Å². The van der Waals surface area contributed by atoms with Gasteiger partial charge < -0.3 is 5.32 Å². The van der Waals surface area contributed by atoms with Crippen molar-refractivity contribution in [3.63, 3.8) is 0 Å². The summed E-state index contributed by atoms with van der Waals surface area (Å²) in [7, 11) is 0. The molecule has 1 N–H and O–H groups in total. The summed E-state index contributed by atoms with van der Waals surface area (Å²) in [6, 6.07) is 12.6. The quantitative estimate of drug-likeness (QED) is 0.676. The first-order valence-electron chi connectivity index (χ1n) is 9.76. The minimum atomic E-state index is -0.805. The van der Waals surface area contributed by atoms with Crippen LogP contribution in [0.1, 0.15) is 34.5 Å². The molecule has 0 unspecified atom stereocenters. The Labute approximate surface area is 171 Å². The van der Waals surface area contributed by atoms with Crippen LogP contribution in [0.15, 0.2) is 58.1 Å². The van der Waals surface area contributed by atoms with E-state index < -0.39 is 23.0 Å². The van der Waals surface area contributed by atoms with Crippen LogP contribution in [0, 0.1) is 18.7 Å². The third-order valence-corrected chi connectivity index (χ3v) is 5.03. The maximum absolute atomic E-state index is 13.6. The molecule has 0 saturated heterocycles. The fraction of sp³-hybridized carbons (Fsp3) is 0.273. The highest BCUT2D eigenvalue weighted by molar-refractivity contribution is 5.91. The normalized spacial score (nSPS) is 13.3. The Hall–Kier alpha value is -3.55. The van der Waals surface area contributed by atoms with Crippen molar-refractivity contribution in [3.8, 4) is 5.69 Å². The Morgan fingerprint density at radius 2 is 1.90 bits per heavy atom. The van der Waals surface area contributed by atoms with Gasteiger partial charge in [-0.05, 0) is 55.5 Å². The lowest BCUT2D eigenvalue weighted by Crippen LogP contribution is -2.46. The lowest BCUT2D eigenvalue weighted by molar-refractivity contribution is 0.0942. The predicted molar refractivity (Wildman–Crippen MR) is 109 cm³/mol. The number of aromatic nitrogens is 3. The first-order chi connectivity index (χ1) is 14.4. The van der Waals surface area contributed by atoms with Crippen LogP contribution in [0.5, 0.6) is 0 Å². The number of benzene rings is 2. The lowest BCUT2D eigenvalue weighted by atomic mass is 10.2. The first-order valence-corrected chi connectivity index (χ1v) is 9.76. The molecule has 3 aromatic rings. The number of carbonyl (C=O) groups is 1. The average molecular weight is 408 g/mol. The fourth-order valence-electron chi connectivity index (χ4n) is 3.11. The van der Waals surface area contributed by atoms with E-state index in [1.165, 1.54) is 18.2 Å². The van der Waals surface area contributed by atoms with Gasteiger partial charge in [-0.2, -0.15) is 9.78 Å². The molecule has 8 heteroatoms. The number of amides is 1. The lowest BCUT2D eigenvalue weighted by Gasteiger charge is -2.12. The Kier molecular flexibility index (Phi) is 5.31.